The van der Waals surface area contributed by atoms with Crippen LogP contribution in [-0.2, 0) is 4.79 Å². The fraction of sp³-hybridized carbons (Fsp3) is 0.118. The summed E-state index contributed by atoms with van der Waals surface area (Å²) in [5, 5.41) is 2.91. The van der Waals surface area contributed by atoms with Crippen LogP contribution in [-0.4, -0.2) is 20.0 Å². The molecule has 1 N–H and O–H groups in total. The maximum atomic E-state index is 12.1. The number of nitrogens with one attached hydrogen (secondary N) is 1. The average molecular weight is 390 g/mol. The number of carbonyl (C=O) groups excluding carboxylic acids is 1. The van der Waals surface area contributed by atoms with Crippen molar-refractivity contribution in [3.05, 3.63) is 57.2 Å². The van der Waals surface area contributed by atoms with E-state index in [9.17, 15) is 4.79 Å². The molecule has 0 atom stereocenters. The Hall–Kier alpha value is -1.82. The van der Waals surface area contributed by atoms with Crippen molar-refractivity contribution in [1.82, 2.24) is 0 Å². The summed E-state index contributed by atoms with van der Waals surface area (Å²) in [7, 11) is 4.02. The van der Waals surface area contributed by atoms with Gasteiger partial charge in [0.15, 0.2) is 0 Å². The molecular weight excluding hydrogens is 375 g/mol. The van der Waals surface area contributed by atoms with Crippen LogP contribution >= 0.6 is 22.6 Å². The molecule has 0 saturated heterocycles. The molecule has 4 heteroatoms. The second kappa shape index (κ2) is 5.52. The molecule has 1 aliphatic heterocycles. The zero-order valence-corrected chi connectivity index (χ0v) is 14.0. The van der Waals surface area contributed by atoms with Crippen LogP contribution in [0.5, 0.6) is 0 Å². The number of rotatable bonds is 2. The summed E-state index contributed by atoms with van der Waals surface area (Å²) < 4.78 is 1.12. The third kappa shape index (κ3) is 2.81. The minimum Gasteiger partial charge on any atom is -0.378 e. The van der Waals surface area contributed by atoms with Crippen molar-refractivity contribution in [2.45, 2.75) is 0 Å². The predicted molar refractivity (Wildman–Crippen MR) is 96.4 cm³/mol. The third-order valence-electron chi connectivity index (χ3n) is 3.49. The van der Waals surface area contributed by atoms with Crippen LogP contribution in [0.1, 0.15) is 11.1 Å². The van der Waals surface area contributed by atoms with E-state index in [1.165, 1.54) is 0 Å². The van der Waals surface area contributed by atoms with E-state index in [4.69, 9.17) is 0 Å². The molecule has 3 rings (SSSR count). The summed E-state index contributed by atoms with van der Waals surface area (Å²) in [6, 6.07) is 14.1. The van der Waals surface area contributed by atoms with Gasteiger partial charge in [-0.05, 0) is 64.6 Å². The SMILES string of the molecule is CN(C)c1ccc(/C=C2\C(=O)Nc3ccc(I)cc32)cc1. The van der Waals surface area contributed by atoms with Gasteiger partial charge in [0.25, 0.3) is 5.91 Å². The molecular formula is C17H15IN2O. The molecule has 0 radical (unpaired) electrons. The maximum Gasteiger partial charge on any atom is 0.256 e. The number of fused-ring (bicyclic) bond motifs is 1. The predicted octanol–water partition coefficient (Wildman–Crippen LogP) is 3.85. The van der Waals surface area contributed by atoms with Crippen molar-refractivity contribution in [1.29, 1.82) is 0 Å². The number of amides is 1. The zero-order valence-electron chi connectivity index (χ0n) is 11.9. The highest BCUT2D eigenvalue weighted by Crippen LogP contribution is 2.34. The molecule has 3 nitrogen and oxygen atoms in total. The van der Waals surface area contributed by atoms with Gasteiger partial charge in [0.2, 0.25) is 0 Å². The van der Waals surface area contributed by atoms with E-state index in [1.807, 2.05) is 50.5 Å². The van der Waals surface area contributed by atoms with Crippen LogP contribution in [0.15, 0.2) is 42.5 Å². The molecule has 0 fully saturated rings. The Morgan fingerprint density at radius 1 is 1.10 bits per heavy atom. The van der Waals surface area contributed by atoms with E-state index in [0.29, 0.717) is 0 Å². The molecule has 1 heterocycles. The largest absolute Gasteiger partial charge is 0.378 e. The fourth-order valence-corrected chi connectivity index (χ4v) is 2.83. The van der Waals surface area contributed by atoms with E-state index in [2.05, 4.69) is 44.9 Å². The molecule has 21 heavy (non-hydrogen) atoms. The van der Waals surface area contributed by atoms with Crippen molar-refractivity contribution in [2.24, 2.45) is 0 Å². The number of halogens is 1. The number of nitrogens with zero attached hydrogens (tertiary/aromatic N) is 1. The van der Waals surface area contributed by atoms with Gasteiger partial charge in [-0.25, -0.2) is 0 Å². The molecule has 1 amide bonds. The van der Waals surface area contributed by atoms with Gasteiger partial charge in [-0.3, -0.25) is 4.79 Å². The summed E-state index contributed by atoms with van der Waals surface area (Å²) in [6.07, 6.45) is 1.94. The van der Waals surface area contributed by atoms with E-state index < -0.39 is 0 Å². The fourth-order valence-electron chi connectivity index (χ4n) is 2.34. The lowest BCUT2D eigenvalue weighted by Gasteiger charge is -2.11. The molecule has 0 aromatic heterocycles. The first-order valence-corrected chi connectivity index (χ1v) is 7.73. The van der Waals surface area contributed by atoms with E-state index in [-0.39, 0.29) is 5.91 Å². The summed E-state index contributed by atoms with van der Waals surface area (Å²) in [6.45, 7) is 0. The molecule has 2 aromatic rings. The first kappa shape index (κ1) is 14.1. The number of hydrogen-bond acceptors (Lipinski definition) is 2. The highest BCUT2D eigenvalue weighted by Gasteiger charge is 2.23. The summed E-state index contributed by atoms with van der Waals surface area (Å²) in [4.78, 5) is 14.2. The monoisotopic (exact) mass is 390 g/mol. The smallest absolute Gasteiger partial charge is 0.256 e. The summed E-state index contributed by atoms with van der Waals surface area (Å²) >= 11 is 2.26. The Morgan fingerprint density at radius 3 is 2.48 bits per heavy atom. The minimum absolute atomic E-state index is 0.0383. The van der Waals surface area contributed by atoms with Gasteiger partial charge in [0, 0.05) is 40.2 Å². The van der Waals surface area contributed by atoms with Crippen LogP contribution in [0.3, 0.4) is 0 Å². The van der Waals surface area contributed by atoms with Crippen LogP contribution in [0.2, 0.25) is 0 Å². The standard InChI is InChI=1S/C17H15IN2O/c1-20(2)13-6-3-11(4-7-13)9-15-14-10-12(18)5-8-16(14)19-17(15)21/h3-10H,1-2H3,(H,19,21)/b15-9-. The van der Waals surface area contributed by atoms with Crippen LogP contribution in [0, 0.1) is 3.57 Å². The topological polar surface area (TPSA) is 32.3 Å². The van der Waals surface area contributed by atoms with Crippen LogP contribution in [0.4, 0.5) is 11.4 Å². The maximum absolute atomic E-state index is 12.1. The Bertz CT molecular complexity index is 733. The van der Waals surface area contributed by atoms with Crippen molar-refractivity contribution in [2.75, 3.05) is 24.3 Å². The second-order valence-electron chi connectivity index (χ2n) is 5.19. The Morgan fingerprint density at radius 2 is 1.81 bits per heavy atom. The van der Waals surface area contributed by atoms with Gasteiger partial charge >= 0.3 is 0 Å². The summed E-state index contributed by atoms with van der Waals surface area (Å²) in [5.74, 6) is -0.0383. The van der Waals surface area contributed by atoms with E-state index in [1.54, 1.807) is 0 Å². The highest BCUT2D eigenvalue weighted by atomic mass is 127. The van der Waals surface area contributed by atoms with Crippen LogP contribution in [0.25, 0.3) is 11.6 Å². The van der Waals surface area contributed by atoms with E-state index in [0.717, 1.165) is 31.6 Å². The number of benzene rings is 2. The lowest BCUT2D eigenvalue weighted by Crippen LogP contribution is -2.08. The number of anilines is 2. The van der Waals surface area contributed by atoms with Crippen molar-refractivity contribution >= 4 is 51.5 Å². The van der Waals surface area contributed by atoms with Crippen LogP contribution < -0.4 is 10.2 Å². The normalized spacial score (nSPS) is 15.0. The van der Waals surface area contributed by atoms with Gasteiger partial charge < -0.3 is 10.2 Å². The first-order valence-electron chi connectivity index (χ1n) is 6.65. The molecule has 2 aromatic carbocycles. The van der Waals surface area contributed by atoms with Crippen molar-refractivity contribution < 1.29 is 4.79 Å². The molecule has 0 saturated carbocycles. The van der Waals surface area contributed by atoms with Gasteiger partial charge in [-0.15, -0.1) is 0 Å². The highest BCUT2D eigenvalue weighted by molar-refractivity contribution is 14.1. The second-order valence-corrected chi connectivity index (χ2v) is 6.43. The quantitative estimate of drug-likeness (QED) is 0.624. The van der Waals surface area contributed by atoms with Gasteiger partial charge in [-0.2, -0.15) is 0 Å². The Balaban J connectivity index is 2.00. The number of carbonyl (C=O) groups is 1. The lowest BCUT2D eigenvalue weighted by molar-refractivity contribution is -0.110. The lowest BCUT2D eigenvalue weighted by atomic mass is 10.0. The zero-order chi connectivity index (χ0) is 15.0. The molecule has 0 bridgehead atoms. The molecule has 1 aliphatic rings. The molecule has 106 valence electrons. The first-order chi connectivity index (χ1) is 10.0. The molecule has 0 aliphatic carbocycles. The van der Waals surface area contributed by atoms with Gasteiger partial charge in [-0.1, -0.05) is 12.1 Å². The third-order valence-corrected chi connectivity index (χ3v) is 4.16. The van der Waals surface area contributed by atoms with Gasteiger partial charge in [0.1, 0.15) is 0 Å². The number of hydrogen-bond donors (Lipinski definition) is 1. The van der Waals surface area contributed by atoms with Gasteiger partial charge in [0.05, 0.1) is 0 Å². The van der Waals surface area contributed by atoms with Crippen molar-refractivity contribution in [3.8, 4) is 0 Å². The average Bonchev–Trinajstić information content (AvgIpc) is 2.76. The van der Waals surface area contributed by atoms with Crippen molar-refractivity contribution in [3.63, 3.8) is 0 Å². The summed E-state index contributed by atoms with van der Waals surface area (Å²) in [5.41, 5.74) is 4.75. The minimum atomic E-state index is -0.0383. The molecule has 0 unspecified atom stereocenters. The Kier molecular flexibility index (Phi) is 3.71. The van der Waals surface area contributed by atoms with E-state index >= 15 is 0 Å². The molecule has 0 spiro atoms. The Labute approximate surface area is 137 Å².